The number of rotatable bonds is 4. The highest BCUT2D eigenvalue weighted by molar-refractivity contribution is 5.23. The van der Waals surface area contributed by atoms with Gasteiger partial charge in [0.1, 0.15) is 0 Å². The third-order valence-corrected chi connectivity index (χ3v) is 3.66. The van der Waals surface area contributed by atoms with Gasteiger partial charge < -0.3 is 5.32 Å². The van der Waals surface area contributed by atoms with Gasteiger partial charge in [-0.25, -0.2) is 14.4 Å². The zero-order valence-electron chi connectivity index (χ0n) is 9.67. The molecule has 0 radical (unpaired) electrons. The van der Waals surface area contributed by atoms with Gasteiger partial charge in [-0.1, -0.05) is 19.8 Å². The van der Waals surface area contributed by atoms with Crippen LogP contribution in [0.5, 0.6) is 0 Å². The number of hydrogen-bond acceptors (Lipinski definition) is 3. The lowest BCUT2D eigenvalue weighted by molar-refractivity contribution is 0.306. The Morgan fingerprint density at radius 1 is 1.31 bits per heavy atom. The van der Waals surface area contributed by atoms with Crippen LogP contribution in [-0.2, 0) is 0 Å². The van der Waals surface area contributed by atoms with Crippen LogP contribution in [0.3, 0.4) is 0 Å². The smallest absolute Gasteiger partial charge is 0.222 e. The summed E-state index contributed by atoms with van der Waals surface area (Å²) in [4.78, 5) is 7.81. The van der Waals surface area contributed by atoms with Gasteiger partial charge in [-0.15, -0.1) is 0 Å². The van der Waals surface area contributed by atoms with E-state index < -0.39 is 5.82 Å². The van der Waals surface area contributed by atoms with Gasteiger partial charge in [-0.05, 0) is 24.7 Å². The molecule has 1 aromatic heterocycles. The Hall–Kier alpha value is -1.19. The molecule has 1 aliphatic rings. The predicted octanol–water partition coefficient (Wildman–Crippen LogP) is 3.00. The average Bonchev–Trinajstić information content (AvgIpc) is 2.78. The number of nitrogens with zero attached hydrogens (tertiary/aromatic N) is 2. The fourth-order valence-electron chi connectivity index (χ4n) is 2.45. The van der Waals surface area contributed by atoms with Gasteiger partial charge >= 0.3 is 0 Å². The molecule has 88 valence electrons. The van der Waals surface area contributed by atoms with E-state index in [2.05, 4.69) is 22.2 Å². The van der Waals surface area contributed by atoms with Crippen molar-refractivity contribution in [3.63, 3.8) is 0 Å². The van der Waals surface area contributed by atoms with Crippen LogP contribution >= 0.6 is 0 Å². The van der Waals surface area contributed by atoms with Crippen LogP contribution < -0.4 is 5.32 Å². The second kappa shape index (κ2) is 4.76. The number of halogens is 1. The summed E-state index contributed by atoms with van der Waals surface area (Å²) in [5, 5.41) is 3.22. The summed E-state index contributed by atoms with van der Waals surface area (Å²) in [7, 11) is 0. The number of anilines is 1. The Morgan fingerprint density at radius 2 is 1.94 bits per heavy atom. The molecule has 2 rings (SSSR count). The lowest BCUT2D eigenvalue weighted by Crippen LogP contribution is -2.26. The summed E-state index contributed by atoms with van der Waals surface area (Å²) in [6.07, 6.45) is 8.77. The molecule has 0 saturated heterocycles. The van der Waals surface area contributed by atoms with E-state index in [0.717, 1.165) is 6.54 Å². The maximum absolute atomic E-state index is 12.6. The van der Waals surface area contributed by atoms with Gasteiger partial charge in [0.05, 0.1) is 12.4 Å². The van der Waals surface area contributed by atoms with Crippen molar-refractivity contribution in [1.29, 1.82) is 0 Å². The zero-order valence-corrected chi connectivity index (χ0v) is 9.67. The van der Waals surface area contributed by atoms with Gasteiger partial charge in [0.25, 0.3) is 0 Å². The molecule has 16 heavy (non-hydrogen) atoms. The van der Waals surface area contributed by atoms with Gasteiger partial charge in [-0.3, -0.25) is 0 Å². The molecule has 0 atom stereocenters. The summed E-state index contributed by atoms with van der Waals surface area (Å²) in [5.74, 6) is 0.137. The molecule has 1 aliphatic carbocycles. The molecule has 0 unspecified atom stereocenters. The molecule has 0 spiro atoms. The monoisotopic (exact) mass is 223 g/mol. The third-order valence-electron chi connectivity index (χ3n) is 3.66. The first kappa shape index (κ1) is 11.3. The molecule has 1 heterocycles. The molecule has 3 nitrogen and oxygen atoms in total. The van der Waals surface area contributed by atoms with Crippen LogP contribution in [0.25, 0.3) is 0 Å². The molecule has 4 heteroatoms. The molecule has 0 amide bonds. The Bertz CT molecular complexity index is 331. The summed E-state index contributed by atoms with van der Waals surface area (Å²) >= 11 is 0. The fourth-order valence-corrected chi connectivity index (χ4v) is 2.45. The predicted molar refractivity (Wildman–Crippen MR) is 61.7 cm³/mol. The summed E-state index contributed by atoms with van der Waals surface area (Å²) in [6.45, 7) is 3.13. The molecule has 1 N–H and O–H groups in total. The minimum atomic E-state index is -0.392. The largest absolute Gasteiger partial charge is 0.354 e. The van der Waals surface area contributed by atoms with Gasteiger partial charge in [0.2, 0.25) is 5.95 Å². The maximum atomic E-state index is 12.6. The van der Waals surface area contributed by atoms with Crippen molar-refractivity contribution in [3.05, 3.63) is 18.2 Å². The van der Waals surface area contributed by atoms with Crippen molar-refractivity contribution in [1.82, 2.24) is 9.97 Å². The van der Waals surface area contributed by atoms with E-state index in [-0.39, 0.29) is 0 Å². The minimum absolute atomic E-state index is 0.392. The second-order valence-electron chi connectivity index (χ2n) is 4.64. The lowest BCUT2D eigenvalue weighted by atomic mass is 9.83. The Labute approximate surface area is 95.5 Å². The third kappa shape index (κ3) is 2.49. The quantitative estimate of drug-likeness (QED) is 0.852. The van der Waals surface area contributed by atoms with E-state index in [9.17, 15) is 4.39 Å². The molecule has 0 aromatic carbocycles. The first-order chi connectivity index (χ1) is 7.74. The van der Waals surface area contributed by atoms with E-state index in [1.54, 1.807) is 0 Å². The van der Waals surface area contributed by atoms with Crippen molar-refractivity contribution in [2.45, 2.75) is 39.0 Å². The van der Waals surface area contributed by atoms with Crippen LogP contribution in [0.1, 0.15) is 39.0 Å². The zero-order chi connectivity index (χ0) is 11.4. The van der Waals surface area contributed by atoms with Crippen LogP contribution in [0.2, 0.25) is 0 Å². The summed E-state index contributed by atoms with van der Waals surface area (Å²) in [6, 6.07) is 0. The first-order valence-electron chi connectivity index (χ1n) is 5.95. The van der Waals surface area contributed by atoms with Gasteiger partial charge in [0, 0.05) is 6.54 Å². The molecule has 0 aliphatic heterocycles. The highest BCUT2D eigenvalue weighted by Gasteiger charge is 2.31. The molecular formula is C12H18FN3. The SMILES string of the molecule is CCC1(CNc2ncc(F)cn2)CCCC1. The number of nitrogens with one attached hydrogen (secondary N) is 1. The Morgan fingerprint density at radius 3 is 2.50 bits per heavy atom. The van der Waals surface area contributed by atoms with Crippen molar-refractivity contribution >= 4 is 5.95 Å². The van der Waals surface area contributed by atoms with E-state index in [4.69, 9.17) is 0 Å². The van der Waals surface area contributed by atoms with Crippen LogP contribution in [0, 0.1) is 11.2 Å². The Kier molecular flexibility index (Phi) is 3.36. The lowest BCUT2D eigenvalue weighted by Gasteiger charge is -2.27. The maximum Gasteiger partial charge on any atom is 0.222 e. The second-order valence-corrected chi connectivity index (χ2v) is 4.64. The van der Waals surface area contributed by atoms with E-state index in [0.29, 0.717) is 11.4 Å². The molecular weight excluding hydrogens is 205 g/mol. The molecule has 1 aromatic rings. The highest BCUT2D eigenvalue weighted by Crippen LogP contribution is 2.40. The van der Waals surface area contributed by atoms with Crippen LogP contribution in [0.4, 0.5) is 10.3 Å². The average molecular weight is 223 g/mol. The molecule has 0 bridgehead atoms. The molecule has 1 saturated carbocycles. The van der Waals surface area contributed by atoms with E-state index >= 15 is 0 Å². The highest BCUT2D eigenvalue weighted by atomic mass is 19.1. The van der Waals surface area contributed by atoms with Crippen LogP contribution in [0.15, 0.2) is 12.4 Å². The van der Waals surface area contributed by atoms with Crippen molar-refractivity contribution in [3.8, 4) is 0 Å². The first-order valence-corrected chi connectivity index (χ1v) is 5.95. The number of aromatic nitrogens is 2. The van der Waals surface area contributed by atoms with Crippen LogP contribution in [-0.4, -0.2) is 16.5 Å². The van der Waals surface area contributed by atoms with Gasteiger partial charge in [-0.2, -0.15) is 0 Å². The standard InChI is InChI=1S/C12H18FN3/c1-2-12(5-3-4-6-12)9-16-11-14-7-10(13)8-15-11/h7-8H,2-6,9H2,1H3,(H,14,15,16). The minimum Gasteiger partial charge on any atom is -0.354 e. The van der Waals surface area contributed by atoms with Crippen molar-refractivity contribution in [2.24, 2.45) is 5.41 Å². The number of hydrogen-bond donors (Lipinski definition) is 1. The summed E-state index contributed by atoms with van der Waals surface area (Å²) < 4.78 is 12.6. The van der Waals surface area contributed by atoms with E-state index in [1.165, 1.54) is 44.5 Å². The molecule has 1 fully saturated rings. The van der Waals surface area contributed by atoms with Gasteiger partial charge in [0.15, 0.2) is 5.82 Å². The fraction of sp³-hybridized carbons (Fsp3) is 0.667. The Balaban J connectivity index is 1.93. The topological polar surface area (TPSA) is 37.8 Å². The normalized spacial score (nSPS) is 18.6. The van der Waals surface area contributed by atoms with Crippen molar-refractivity contribution in [2.75, 3.05) is 11.9 Å². The van der Waals surface area contributed by atoms with E-state index in [1.807, 2.05) is 0 Å². The van der Waals surface area contributed by atoms with Crippen molar-refractivity contribution < 1.29 is 4.39 Å². The summed E-state index contributed by atoms with van der Waals surface area (Å²) in [5.41, 5.74) is 0.401.